The molecule has 0 aliphatic heterocycles. The van der Waals surface area contributed by atoms with E-state index in [1.807, 2.05) is 4.57 Å². The number of methoxy groups -OCH3 is 2. The lowest BCUT2D eigenvalue weighted by atomic mass is 10.3. The maximum Gasteiger partial charge on any atom is 0.364 e. The van der Waals surface area contributed by atoms with Crippen molar-refractivity contribution in [3.8, 4) is 17.2 Å². The van der Waals surface area contributed by atoms with E-state index in [1.165, 1.54) is 7.11 Å². The second kappa shape index (κ2) is 8.93. The molecule has 2 rings (SSSR count). The number of esters is 1. The molecular formula is C17H22N2O5. The highest BCUT2D eigenvalue weighted by Gasteiger charge is 2.16. The van der Waals surface area contributed by atoms with Crippen LogP contribution in [0.2, 0.25) is 0 Å². The summed E-state index contributed by atoms with van der Waals surface area (Å²) in [4.78, 5) is 16.4. The van der Waals surface area contributed by atoms with Crippen molar-refractivity contribution in [2.75, 3.05) is 21.0 Å². The summed E-state index contributed by atoms with van der Waals surface area (Å²) in [6, 6.07) is 4.92. The third kappa shape index (κ3) is 4.73. The van der Waals surface area contributed by atoms with Crippen LogP contribution in [0.5, 0.6) is 17.2 Å². The second-order valence-electron chi connectivity index (χ2n) is 5.10. The summed E-state index contributed by atoms with van der Waals surface area (Å²) in [6.45, 7) is 2.96. The Morgan fingerprint density at radius 1 is 1.25 bits per heavy atom. The summed E-state index contributed by atoms with van der Waals surface area (Å²) in [5, 5.41) is 0. The molecular weight excluding hydrogens is 312 g/mol. The van der Waals surface area contributed by atoms with E-state index in [-0.39, 0.29) is 18.2 Å². The summed E-state index contributed by atoms with van der Waals surface area (Å²) >= 11 is 0. The second-order valence-corrected chi connectivity index (χ2v) is 5.10. The Morgan fingerprint density at radius 2 is 2.08 bits per heavy atom. The first-order valence-electron chi connectivity index (χ1n) is 7.71. The number of carbonyl (C=O) groups excluding carboxylic acids is 1. The largest absolute Gasteiger partial charge is 0.497 e. The van der Waals surface area contributed by atoms with Gasteiger partial charge in [-0.15, -0.1) is 0 Å². The summed E-state index contributed by atoms with van der Waals surface area (Å²) in [5.74, 6) is 0.679. The molecule has 0 unspecified atom stereocenters. The zero-order valence-corrected chi connectivity index (χ0v) is 14.2. The van der Waals surface area contributed by atoms with Crippen LogP contribution in [0.25, 0.3) is 0 Å². The van der Waals surface area contributed by atoms with Crippen LogP contribution in [0.4, 0.5) is 0 Å². The van der Waals surface area contributed by atoms with Gasteiger partial charge in [0.05, 0.1) is 13.4 Å². The minimum Gasteiger partial charge on any atom is -0.497 e. The molecule has 0 spiro atoms. The van der Waals surface area contributed by atoms with Crippen molar-refractivity contribution in [3.05, 3.63) is 36.4 Å². The first kappa shape index (κ1) is 17.8. The Balaban J connectivity index is 2.11. The van der Waals surface area contributed by atoms with Crippen LogP contribution in [0, 0.1) is 0 Å². The summed E-state index contributed by atoms with van der Waals surface area (Å²) in [5.41, 5.74) is 0.250. The van der Waals surface area contributed by atoms with E-state index in [9.17, 15) is 4.79 Å². The standard InChI is InChI=1S/C17H22N2O5/c1-4-5-8-19-10-14(18-11-19)17(20)24-15-7-6-13(22-3)9-16(15)23-12-21-2/h6-7,9-11H,4-5,8,12H2,1-3H3. The van der Waals surface area contributed by atoms with Gasteiger partial charge in [0.25, 0.3) is 0 Å². The molecule has 0 aliphatic rings. The van der Waals surface area contributed by atoms with Gasteiger partial charge < -0.3 is 23.5 Å². The number of aryl methyl sites for hydroxylation is 1. The fourth-order valence-corrected chi connectivity index (χ4v) is 2.02. The van der Waals surface area contributed by atoms with Crippen LogP contribution >= 0.6 is 0 Å². The third-order valence-corrected chi connectivity index (χ3v) is 3.30. The van der Waals surface area contributed by atoms with E-state index in [4.69, 9.17) is 18.9 Å². The van der Waals surface area contributed by atoms with E-state index in [0.29, 0.717) is 11.5 Å². The highest BCUT2D eigenvalue weighted by Crippen LogP contribution is 2.32. The van der Waals surface area contributed by atoms with Crippen molar-refractivity contribution in [2.24, 2.45) is 0 Å². The van der Waals surface area contributed by atoms with Gasteiger partial charge in [-0.05, 0) is 18.6 Å². The lowest BCUT2D eigenvalue weighted by molar-refractivity contribution is 0.0468. The molecule has 130 valence electrons. The van der Waals surface area contributed by atoms with E-state index in [1.54, 1.807) is 37.8 Å². The van der Waals surface area contributed by atoms with Gasteiger partial charge in [-0.2, -0.15) is 0 Å². The number of nitrogens with zero attached hydrogens (tertiary/aromatic N) is 2. The molecule has 0 fully saturated rings. The molecule has 0 saturated carbocycles. The van der Waals surface area contributed by atoms with Crippen molar-refractivity contribution in [2.45, 2.75) is 26.3 Å². The zero-order valence-electron chi connectivity index (χ0n) is 14.2. The Bertz CT molecular complexity index is 669. The van der Waals surface area contributed by atoms with Crippen molar-refractivity contribution in [3.63, 3.8) is 0 Å². The van der Waals surface area contributed by atoms with Gasteiger partial charge >= 0.3 is 5.97 Å². The number of carbonyl (C=O) groups is 1. The average Bonchev–Trinajstić information content (AvgIpc) is 3.08. The molecule has 0 N–H and O–H groups in total. The molecule has 24 heavy (non-hydrogen) atoms. The van der Waals surface area contributed by atoms with Crippen LogP contribution in [-0.4, -0.2) is 36.5 Å². The number of unbranched alkanes of at least 4 members (excludes halogenated alkanes) is 1. The number of benzene rings is 1. The maximum atomic E-state index is 12.3. The van der Waals surface area contributed by atoms with Crippen molar-refractivity contribution < 1.29 is 23.7 Å². The van der Waals surface area contributed by atoms with Crippen LogP contribution in [-0.2, 0) is 11.3 Å². The minimum atomic E-state index is -0.544. The van der Waals surface area contributed by atoms with Gasteiger partial charge in [-0.1, -0.05) is 13.3 Å². The van der Waals surface area contributed by atoms with Crippen molar-refractivity contribution in [1.82, 2.24) is 9.55 Å². The zero-order chi connectivity index (χ0) is 17.4. The Morgan fingerprint density at radius 3 is 2.79 bits per heavy atom. The van der Waals surface area contributed by atoms with Gasteiger partial charge in [0.15, 0.2) is 24.0 Å². The van der Waals surface area contributed by atoms with Gasteiger partial charge in [0, 0.05) is 25.9 Å². The Kier molecular flexibility index (Phi) is 6.62. The maximum absolute atomic E-state index is 12.3. The molecule has 0 aliphatic carbocycles. The smallest absolute Gasteiger partial charge is 0.364 e. The summed E-state index contributed by atoms with van der Waals surface area (Å²) in [6.07, 6.45) is 5.40. The monoisotopic (exact) mass is 334 g/mol. The molecule has 0 saturated heterocycles. The average molecular weight is 334 g/mol. The van der Waals surface area contributed by atoms with Crippen molar-refractivity contribution in [1.29, 1.82) is 0 Å². The predicted octanol–water partition coefficient (Wildman–Crippen LogP) is 2.89. The molecule has 1 aromatic heterocycles. The van der Waals surface area contributed by atoms with E-state index in [0.717, 1.165) is 19.4 Å². The van der Waals surface area contributed by atoms with Gasteiger partial charge in [-0.3, -0.25) is 0 Å². The Hall–Kier alpha value is -2.54. The molecule has 7 nitrogen and oxygen atoms in total. The highest BCUT2D eigenvalue weighted by atomic mass is 16.7. The summed E-state index contributed by atoms with van der Waals surface area (Å²) < 4.78 is 22.7. The lowest BCUT2D eigenvalue weighted by Crippen LogP contribution is -2.11. The third-order valence-electron chi connectivity index (χ3n) is 3.30. The molecule has 0 radical (unpaired) electrons. The molecule has 0 bridgehead atoms. The van der Waals surface area contributed by atoms with Gasteiger partial charge in [0.1, 0.15) is 5.75 Å². The quantitative estimate of drug-likeness (QED) is 0.399. The SMILES string of the molecule is CCCCn1cnc(C(=O)Oc2ccc(OC)cc2OCOC)c1. The number of rotatable bonds is 9. The van der Waals surface area contributed by atoms with Crippen molar-refractivity contribution >= 4 is 5.97 Å². The van der Waals surface area contributed by atoms with Gasteiger partial charge in [0.2, 0.25) is 0 Å². The highest BCUT2D eigenvalue weighted by molar-refractivity contribution is 5.89. The Labute approximate surface area is 141 Å². The van der Waals surface area contributed by atoms with E-state index in [2.05, 4.69) is 11.9 Å². The first-order valence-corrected chi connectivity index (χ1v) is 7.71. The molecule has 0 atom stereocenters. The predicted molar refractivity (Wildman–Crippen MR) is 87.6 cm³/mol. The molecule has 0 amide bonds. The topological polar surface area (TPSA) is 71.8 Å². The minimum absolute atomic E-state index is 0.0311. The number of ether oxygens (including phenoxy) is 4. The van der Waals surface area contributed by atoms with Crippen LogP contribution in [0.1, 0.15) is 30.3 Å². The molecule has 1 heterocycles. The molecule has 2 aromatic rings. The number of aromatic nitrogens is 2. The number of imidazole rings is 1. The summed E-state index contributed by atoms with van der Waals surface area (Å²) in [7, 11) is 3.05. The van der Waals surface area contributed by atoms with Crippen LogP contribution in [0.3, 0.4) is 0 Å². The van der Waals surface area contributed by atoms with E-state index < -0.39 is 5.97 Å². The van der Waals surface area contributed by atoms with Crippen LogP contribution < -0.4 is 14.2 Å². The first-order chi connectivity index (χ1) is 11.7. The van der Waals surface area contributed by atoms with Gasteiger partial charge in [-0.25, -0.2) is 9.78 Å². The normalized spacial score (nSPS) is 10.5. The molecule has 1 aromatic carbocycles. The molecule has 7 heteroatoms. The number of hydrogen-bond acceptors (Lipinski definition) is 6. The van der Waals surface area contributed by atoms with Crippen LogP contribution in [0.15, 0.2) is 30.7 Å². The fraction of sp³-hybridized carbons (Fsp3) is 0.412. The lowest BCUT2D eigenvalue weighted by Gasteiger charge is -2.11. The number of hydrogen-bond donors (Lipinski definition) is 0. The van der Waals surface area contributed by atoms with E-state index >= 15 is 0 Å². The fourth-order valence-electron chi connectivity index (χ4n) is 2.02.